The van der Waals surface area contributed by atoms with Crippen molar-refractivity contribution in [2.24, 2.45) is 0 Å². The number of aryl methyl sites for hydroxylation is 1. The Morgan fingerprint density at radius 2 is 1.62 bits per heavy atom. The summed E-state index contributed by atoms with van der Waals surface area (Å²) in [4.78, 5) is 26.5. The van der Waals surface area contributed by atoms with Gasteiger partial charge in [0.05, 0.1) is 4.90 Å². The zero-order valence-electron chi connectivity index (χ0n) is 16.2. The maximum atomic E-state index is 12.7. The van der Waals surface area contributed by atoms with Crippen LogP contribution in [0.4, 0.5) is 0 Å². The van der Waals surface area contributed by atoms with Gasteiger partial charge in [-0.2, -0.15) is 4.31 Å². The summed E-state index contributed by atoms with van der Waals surface area (Å²) in [6.07, 6.45) is 0.261. The number of ketones is 1. The first-order valence-corrected chi connectivity index (χ1v) is 11.2. The van der Waals surface area contributed by atoms with Crippen LogP contribution < -0.4 is 0 Å². The number of piperazine rings is 1. The first-order valence-electron chi connectivity index (χ1n) is 9.41. The topological polar surface area (TPSA) is 74.8 Å². The molecule has 2 aromatic carbocycles. The minimum Gasteiger partial charge on any atom is -0.340 e. The highest BCUT2D eigenvalue weighted by Gasteiger charge is 2.30. The lowest BCUT2D eigenvalue weighted by atomic mass is 10.0. The number of carbonyl (C=O) groups is 2. The monoisotopic (exact) mass is 434 g/mol. The molecule has 0 aromatic heterocycles. The highest BCUT2D eigenvalue weighted by Crippen LogP contribution is 2.21. The van der Waals surface area contributed by atoms with Crippen LogP contribution >= 0.6 is 11.6 Å². The molecule has 3 rings (SSSR count). The zero-order valence-corrected chi connectivity index (χ0v) is 17.7. The molecule has 1 heterocycles. The van der Waals surface area contributed by atoms with E-state index in [-0.39, 0.29) is 42.5 Å². The van der Waals surface area contributed by atoms with Crippen LogP contribution in [0.2, 0.25) is 5.02 Å². The smallest absolute Gasteiger partial charge is 0.243 e. The largest absolute Gasteiger partial charge is 0.340 e. The molecule has 1 aliphatic rings. The summed E-state index contributed by atoms with van der Waals surface area (Å²) < 4.78 is 26.8. The molecule has 6 nitrogen and oxygen atoms in total. The second-order valence-corrected chi connectivity index (χ2v) is 9.41. The molecule has 1 amide bonds. The molecule has 0 N–H and O–H groups in total. The molecule has 0 aliphatic carbocycles. The summed E-state index contributed by atoms with van der Waals surface area (Å²) in [5, 5.41) is 0.359. The molecular formula is C21H23ClN2O4S. The second-order valence-electron chi connectivity index (χ2n) is 7.03. The number of nitrogens with zero attached hydrogens (tertiary/aromatic N) is 2. The lowest BCUT2D eigenvalue weighted by Crippen LogP contribution is -2.50. The third-order valence-electron chi connectivity index (χ3n) is 4.96. The maximum absolute atomic E-state index is 12.7. The zero-order chi connectivity index (χ0) is 21.0. The van der Waals surface area contributed by atoms with Crippen molar-refractivity contribution in [2.75, 3.05) is 26.2 Å². The first kappa shape index (κ1) is 21.5. The van der Waals surface area contributed by atoms with Gasteiger partial charge in [-0.25, -0.2) is 8.42 Å². The molecule has 2 aromatic rings. The van der Waals surface area contributed by atoms with Gasteiger partial charge in [-0.3, -0.25) is 9.59 Å². The Morgan fingerprint density at radius 3 is 2.24 bits per heavy atom. The summed E-state index contributed by atoms with van der Waals surface area (Å²) in [5.74, 6) is -0.203. The van der Waals surface area contributed by atoms with Crippen molar-refractivity contribution < 1.29 is 18.0 Å². The van der Waals surface area contributed by atoms with Gasteiger partial charge in [-0.1, -0.05) is 47.5 Å². The highest BCUT2D eigenvalue weighted by molar-refractivity contribution is 7.89. The molecular weight excluding hydrogens is 412 g/mol. The van der Waals surface area contributed by atoms with Gasteiger partial charge in [-0.05, 0) is 25.1 Å². The first-order chi connectivity index (χ1) is 13.8. The average molecular weight is 435 g/mol. The summed E-state index contributed by atoms with van der Waals surface area (Å²) in [6, 6.07) is 13.4. The van der Waals surface area contributed by atoms with Crippen molar-refractivity contribution in [1.29, 1.82) is 0 Å². The van der Waals surface area contributed by atoms with Gasteiger partial charge < -0.3 is 4.90 Å². The normalized spacial score (nSPS) is 15.3. The van der Waals surface area contributed by atoms with Crippen LogP contribution in [-0.4, -0.2) is 55.5 Å². The molecule has 1 aliphatic heterocycles. The van der Waals surface area contributed by atoms with E-state index in [0.29, 0.717) is 23.7 Å². The van der Waals surface area contributed by atoms with E-state index in [2.05, 4.69) is 0 Å². The summed E-state index contributed by atoms with van der Waals surface area (Å²) in [5.41, 5.74) is 1.67. The standard InChI is InChI=1S/C21H23ClN2O4S/c1-16-5-7-17(8-6-16)20(25)9-10-21(26)23-11-13-24(14-12-23)29(27,28)19-4-2-3-18(22)15-19/h2-8,15H,9-14H2,1H3. The van der Waals surface area contributed by atoms with Crippen molar-refractivity contribution in [1.82, 2.24) is 9.21 Å². The molecule has 1 saturated heterocycles. The van der Waals surface area contributed by atoms with E-state index in [9.17, 15) is 18.0 Å². The molecule has 0 saturated carbocycles. The highest BCUT2D eigenvalue weighted by atomic mass is 35.5. The van der Waals surface area contributed by atoms with Crippen molar-refractivity contribution in [3.63, 3.8) is 0 Å². The van der Waals surface area contributed by atoms with Crippen LogP contribution in [0.5, 0.6) is 0 Å². The van der Waals surface area contributed by atoms with Crippen LogP contribution in [0.1, 0.15) is 28.8 Å². The van der Waals surface area contributed by atoms with Gasteiger partial charge in [0.25, 0.3) is 0 Å². The average Bonchev–Trinajstić information content (AvgIpc) is 2.72. The fraction of sp³-hybridized carbons (Fsp3) is 0.333. The molecule has 0 unspecified atom stereocenters. The van der Waals surface area contributed by atoms with E-state index in [1.165, 1.54) is 16.4 Å². The Kier molecular flexibility index (Phi) is 6.72. The van der Waals surface area contributed by atoms with Crippen LogP contribution in [0, 0.1) is 6.92 Å². The Morgan fingerprint density at radius 1 is 0.966 bits per heavy atom. The summed E-state index contributed by atoms with van der Waals surface area (Å²) in [7, 11) is -3.64. The van der Waals surface area contributed by atoms with Gasteiger partial charge in [0.1, 0.15) is 0 Å². The summed E-state index contributed by atoms with van der Waals surface area (Å²) in [6.45, 7) is 2.98. The van der Waals surface area contributed by atoms with E-state index >= 15 is 0 Å². The number of sulfonamides is 1. The molecule has 8 heteroatoms. The van der Waals surface area contributed by atoms with Crippen molar-refractivity contribution >= 4 is 33.3 Å². The number of Topliss-reactive ketones (excluding diaryl/α,β-unsaturated/α-hetero) is 1. The number of amides is 1. The van der Waals surface area contributed by atoms with E-state index in [4.69, 9.17) is 11.6 Å². The van der Waals surface area contributed by atoms with Gasteiger partial charge in [0, 0.05) is 49.6 Å². The van der Waals surface area contributed by atoms with Gasteiger partial charge in [0.15, 0.2) is 5.78 Å². The van der Waals surface area contributed by atoms with Gasteiger partial charge >= 0.3 is 0 Å². The van der Waals surface area contributed by atoms with Crippen LogP contribution in [-0.2, 0) is 14.8 Å². The van der Waals surface area contributed by atoms with E-state index in [1.54, 1.807) is 29.2 Å². The maximum Gasteiger partial charge on any atom is 0.243 e. The lowest BCUT2D eigenvalue weighted by Gasteiger charge is -2.34. The Hall–Kier alpha value is -2.22. The minimum absolute atomic E-state index is 0.0690. The SMILES string of the molecule is Cc1ccc(C(=O)CCC(=O)N2CCN(S(=O)(=O)c3cccc(Cl)c3)CC2)cc1. The molecule has 0 bridgehead atoms. The number of hydrogen-bond acceptors (Lipinski definition) is 4. The predicted octanol–water partition coefficient (Wildman–Crippen LogP) is 3.14. The Bertz CT molecular complexity index is 998. The molecule has 1 fully saturated rings. The van der Waals surface area contributed by atoms with E-state index < -0.39 is 10.0 Å². The fourth-order valence-corrected chi connectivity index (χ4v) is 4.94. The van der Waals surface area contributed by atoms with Gasteiger partial charge in [-0.15, -0.1) is 0 Å². The number of benzene rings is 2. The van der Waals surface area contributed by atoms with E-state index in [0.717, 1.165) is 5.56 Å². The Balaban J connectivity index is 1.53. The molecule has 154 valence electrons. The lowest BCUT2D eigenvalue weighted by molar-refractivity contribution is -0.132. The van der Waals surface area contributed by atoms with E-state index in [1.807, 2.05) is 19.1 Å². The van der Waals surface area contributed by atoms with Crippen LogP contribution in [0.25, 0.3) is 0 Å². The molecule has 0 radical (unpaired) electrons. The number of rotatable bonds is 6. The predicted molar refractivity (Wildman–Crippen MR) is 112 cm³/mol. The fourth-order valence-electron chi connectivity index (χ4n) is 3.22. The van der Waals surface area contributed by atoms with Crippen molar-refractivity contribution in [3.8, 4) is 0 Å². The molecule has 0 spiro atoms. The number of hydrogen-bond donors (Lipinski definition) is 0. The third kappa shape index (κ3) is 5.23. The minimum atomic E-state index is -3.64. The number of halogens is 1. The van der Waals surface area contributed by atoms with Crippen LogP contribution in [0.3, 0.4) is 0 Å². The summed E-state index contributed by atoms with van der Waals surface area (Å²) >= 11 is 5.90. The third-order valence-corrected chi connectivity index (χ3v) is 7.09. The molecule has 29 heavy (non-hydrogen) atoms. The van der Waals surface area contributed by atoms with Crippen molar-refractivity contribution in [3.05, 3.63) is 64.7 Å². The second kappa shape index (κ2) is 9.07. The number of carbonyl (C=O) groups excluding carboxylic acids is 2. The quantitative estimate of drug-likeness (QED) is 0.654. The van der Waals surface area contributed by atoms with Crippen LogP contribution in [0.15, 0.2) is 53.4 Å². The van der Waals surface area contributed by atoms with Crippen molar-refractivity contribution in [2.45, 2.75) is 24.7 Å². The molecule has 0 atom stereocenters. The van der Waals surface area contributed by atoms with Gasteiger partial charge in [0.2, 0.25) is 15.9 Å². The Labute approximate surface area is 176 Å².